The molecule has 136 valence electrons. The predicted octanol–water partition coefficient (Wildman–Crippen LogP) is -1.08. The van der Waals surface area contributed by atoms with Crippen molar-refractivity contribution in [3.8, 4) is 0 Å². The third-order valence-corrected chi connectivity index (χ3v) is 2.25. The maximum atomic E-state index is 10.3. The van der Waals surface area contributed by atoms with E-state index in [4.69, 9.17) is 37.6 Å². The minimum absolute atomic E-state index is 0.597. The Hall–Kier alpha value is -2.69. The number of hydrogen-bond acceptors (Lipinski definition) is 7. The van der Waals surface area contributed by atoms with Crippen LogP contribution in [0.3, 0.4) is 0 Å². The molecule has 0 aliphatic rings. The fourth-order valence-electron chi connectivity index (χ4n) is 1.17. The Kier molecular flexibility index (Phi) is 12.6. The number of benzene rings is 1. The van der Waals surface area contributed by atoms with Crippen LogP contribution in [-0.2, 0) is 14.4 Å². The molecule has 10 nitrogen and oxygen atoms in total. The number of carbonyl (C=O) groups is 3. The Morgan fingerprint density at radius 2 is 1.25 bits per heavy atom. The Bertz CT molecular complexity index is 490. The molecule has 24 heavy (non-hydrogen) atoms. The lowest BCUT2D eigenvalue weighted by Crippen LogP contribution is -2.42. The van der Waals surface area contributed by atoms with Gasteiger partial charge in [-0.2, -0.15) is 0 Å². The number of nitrogens with two attached hydrogens (primary N) is 3. The predicted molar refractivity (Wildman–Crippen MR) is 86.1 cm³/mol. The van der Waals surface area contributed by atoms with Gasteiger partial charge >= 0.3 is 17.9 Å². The van der Waals surface area contributed by atoms with Crippen LogP contribution in [0.2, 0.25) is 0 Å². The van der Waals surface area contributed by atoms with Gasteiger partial charge in [0.2, 0.25) is 0 Å². The van der Waals surface area contributed by atoms with Crippen LogP contribution < -0.4 is 17.2 Å². The fourth-order valence-corrected chi connectivity index (χ4v) is 1.17. The monoisotopic (exact) mass is 345 g/mol. The third-order valence-electron chi connectivity index (χ3n) is 2.25. The van der Waals surface area contributed by atoms with Crippen LogP contribution in [0.15, 0.2) is 30.3 Å². The second-order valence-electron chi connectivity index (χ2n) is 4.47. The number of hydrogen-bond donors (Lipinski definition) is 7. The van der Waals surface area contributed by atoms with Gasteiger partial charge in [-0.1, -0.05) is 18.2 Å². The van der Waals surface area contributed by atoms with Crippen LogP contribution in [0.5, 0.6) is 0 Å². The highest BCUT2D eigenvalue weighted by Gasteiger charge is 2.40. The first-order valence-electron chi connectivity index (χ1n) is 6.69. The summed E-state index contributed by atoms with van der Waals surface area (Å²) in [7, 11) is 0. The molecular weight excluding hydrogens is 322 g/mol. The molecule has 0 radical (unpaired) electrons. The number of para-hydroxylation sites is 1. The summed E-state index contributed by atoms with van der Waals surface area (Å²) in [4.78, 5) is 30.5. The van der Waals surface area contributed by atoms with Crippen LogP contribution in [0.4, 0.5) is 5.69 Å². The van der Waals surface area contributed by atoms with Gasteiger partial charge in [0.25, 0.3) is 0 Å². The van der Waals surface area contributed by atoms with Crippen LogP contribution in [0, 0.1) is 0 Å². The quantitative estimate of drug-likeness (QED) is 0.310. The second kappa shape index (κ2) is 12.8. The third kappa shape index (κ3) is 13.0. The molecule has 0 aromatic heterocycles. The van der Waals surface area contributed by atoms with E-state index >= 15 is 0 Å². The second-order valence-corrected chi connectivity index (χ2v) is 4.47. The van der Waals surface area contributed by atoms with E-state index in [0.717, 1.165) is 5.69 Å². The van der Waals surface area contributed by atoms with Gasteiger partial charge in [-0.3, -0.25) is 9.59 Å². The largest absolute Gasteiger partial charge is 0.481 e. The van der Waals surface area contributed by atoms with E-state index in [1.807, 2.05) is 30.3 Å². The normalized spacial score (nSPS) is 9.62. The van der Waals surface area contributed by atoms with Crippen LogP contribution in [0.1, 0.15) is 12.8 Å². The molecule has 0 bridgehead atoms. The molecule has 1 aromatic rings. The average Bonchev–Trinajstić information content (AvgIpc) is 2.47. The molecule has 10 N–H and O–H groups in total. The summed E-state index contributed by atoms with van der Waals surface area (Å²) >= 11 is 0. The van der Waals surface area contributed by atoms with Gasteiger partial charge in [0.1, 0.15) is 0 Å². The molecule has 0 atom stereocenters. The van der Waals surface area contributed by atoms with Gasteiger partial charge in [-0.15, -0.1) is 0 Å². The number of carboxylic acids is 3. The molecule has 0 aliphatic carbocycles. The number of anilines is 1. The molecule has 0 spiro atoms. The number of carboxylic acid groups (broad SMARTS) is 3. The molecule has 0 aliphatic heterocycles. The fraction of sp³-hybridized carbons (Fsp3) is 0.357. The summed E-state index contributed by atoms with van der Waals surface area (Å²) in [6.45, 7) is 1.19. The Labute approximate surface area is 138 Å². The van der Waals surface area contributed by atoms with Gasteiger partial charge in [0.15, 0.2) is 5.60 Å². The molecule has 1 aromatic carbocycles. The topological polar surface area (TPSA) is 210 Å². The zero-order chi connectivity index (χ0) is 19.2. The summed E-state index contributed by atoms with van der Waals surface area (Å²) in [6, 6.07) is 9.49. The van der Waals surface area contributed by atoms with E-state index in [2.05, 4.69) is 0 Å². The number of aliphatic hydroxyl groups is 1. The zero-order valence-corrected chi connectivity index (χ0v) is 13.0. The highest BCUT2D eigenvalue weighted by molar-refractivity contribution is 5.88. The molecule has 0 fully saturated rings. The van der Waals surface area contributed by atoms with Crippen molar-refractivity contribution in [2.75, 3.05) is 18.8 Å². The molecular formula is C14H23N3O7. The van der Waals surface area contributed by atoms with Gasteiger partial charge in [0, 0.05) is 18.8 Å². The van der Waals surface area contributed by atoms with Crippen LogP contribution >= 0.6 is 0 Å². The number of aliphatic carboxylic acids is 3. The summed E-state index contributed by atoms with van der Waals surface area (Å²) < 4.78 is 0. The maximum Gasteiger partial charge on any atom is 0.336 e. The van der Waals surface area contributed by atoms with Crippen molar-refractivity contribution in [3.05, 3.63) is 30.3 Å². The Morgan fingerprint density at radius 3 is 1.42 bits per heavy atom. The molecule has 0 heterocycles. The smallest absolute Gasteiger partial charge is 0.336 e. The molecule has 0 unspecified atom stereocenters. The highest BCUT2D eigenvalue weighted by Crippen LogP contribution is 2.15. The first-order chi connectivity index (χ1) is 11.1. The van der Waals surface area contributed by atoms with E-state index in [9.17, 15) is 14.4 Å². The van der Waals surface area contributed by atoms with Gasteiger partial charge in [-0.05, 0) is 12.1 Å². The first kappa shape index (κ1) is 23.6. The molecule has 10 heteroatoms. The maximum absolute atomic E-state index is 10.3. The van der Waals surface area contributed by atoms with Gasteiger partial charge in [-0.25, -0.2) is 4.79 Å². The van der Waals surface area contributed by atoms with E-state index in [1.54, 1.807) is 0 Å². The molecule has 0 amide bonds. The average molecular weight is 345 g/mol. The van der Waals surface area contributed by atoms with Crippen molar-refractivity contribution in [3.63, 3.8) is 0 Å². The molecule has 0 saturated carbocycles. The van der Waals surface area contributed by atoms with E-state index in [-0.39, 0.29) is 0 Å². The SMILES string of the molecule is NCCN.Nc1ccccc1.O=C(O)CC(O)(CC(=O)O)C(=O)O. The van der Waals surface area contributed by atoms with Crippen molar-refractivity contribution >= 4 is 23.6 Å². The van der Waals surface area contributed by atoms with Crippen molar-refractivity contribution in [1.82, 2.24) is 0 Å². The van der Waals surface area contributed by atoms with Crippen molar-refractivity contribution in [2.45, 2.75) is 18.4 Å². The van der Waals surface area contributed by atoms with Gasteiger partial charge in [0.05, 0.1) is 12.8 Å². The Balaban J connectivity index is 0. The minimum atomic E-state index is -2.74. The standard InChI is InChI=1S/C6H7N.C6H8O7.C2H8N2/c7-6-4-2-1-3-5-6;7-3(8)1-6(13,5(11)12)2-4(9)10;3-1-2-4/h1-5H,7H2;13H,1-2H2,(H,7,8)(H,9,10)(H,11,12);1-4H2. The summed E-state index contributed by atoms with van der Waals surface area (Å²) in [5, 5.41) is 33.8. The van der Waals surface area contributed by atoms with E-state index in [0.29, 0.717) is 13.1 Å². The lowest BCUT2D eigenvalue weighted by Gasteiger charge is -2.18. The number of rotatable bonds is 6. The zero-order valence-electron chi connectivity index (χ0n) is 13.0. The van der Waals surface area contributed by atoms with Gasteiger partial charge < -0.3 is 37.6 Å². The van der Waals surface area contributed by atoms with Crippen molar-refractivity contribution in [2.24, 2.45) is 11.5 Å². The molecule has 0 saturated heterocycles. The van der Waals surface area contributed by atoms with Crippen LogP contribution in [-0.4, -0.2) is 57.0 Å². The summed E-state index contributed by atoms with van der Waals surface area (Å²) in [5.74, 6) is -5.02. The van der Waals surface area contributed by atoms with Crippen LogP contribution in [0.25, 0.3) is 0 Å². The Morgan fingerprint density at radius 1 is 0.875 bits per heavy atom. The lowest BCUT2D eigenvalue weighted by molar-refractivity contribution is -0.170. The lowest BCUT2D eigenvalue weighted by atomic mass is 9.96. The van der Waals surface area contributed by atoms with Crippen molar-refractivity contribution in [1.29, 1.82) is 0 Å². The summed E-state index contributed by atoms with van der Waals surface area (Å²) in [5.41, 5.74) is 13.2. The van der Waals surface area contributed by atoms with E-state index < -0.39 is 36.4 Å². The highest BCUT2D eigenvalue weighted by atomic mass is 16.4. The minimum Gasteiger partial charge on any atom is -0.481 e. The van der Waals surface area contributed by atoms with Crippen molar-refractivity contribution < 1.29 is 34.8 Å². The first-order valence-corrected chi connectivity index (χ1v) is 6.69. The van der Waals surface area contributed by atoms with E-state index in [1.165, 1.54) is 0 Å². The molecule has 1 rings (SSSR count). The summed E-state index contributed by atoms with van der Waals surface area (Å²) in [6.07, 6.45) is -2.29. The number of nitrogen functional groups attached to an aromatic ring is 1.